The second-order valence-electron chi connectivity index (χ2n) is 7.07. The number of imide groups is 1. The molecule has 0 radical (unpaired) electrons. The van der Waals surface area contributed by atoms with Crippen molar-refractivity contribution in [3.63, 3.8) is 0 Å². The van der Waals surface area contributed by atoms with E-state index >= 15 is 0 Å². The van der Waals surface area contributed by atoms with Gasteiger partial charge in [0.2, 0.25) is 5.91 Å². The highest BCUT2D eigenvalue weighted by Crippen LogP contribution is 2.37. The summed E-state index contributed by atoms with van der Waals surface area (Å²) in [4.78, 5) is 42.4. The van der Waals surface area contributed by atoms with Gasteiger partial charge in [0, 0.05) is 24.5 Å². The van der Waals surface area contributed by atoms with E-state index in [-0.39, 0.29) is 23.8 Å². The maximum Gasteiger partial charge on any atom is 0.262 e. The molecule has 2 aromatic carbocycles. The van der Waals surface area contributed by atoms with Crippen LogP contribution in [0.1, 0.15) is 37.9 Å². The summed E-state index contributed by atoms with van der Waals surface area (Å²) in [5.74, 6) is 0.871. The molecule has 2 aromatic rings. The first-order valence-electron chi connectivity index (χ1n) is 9.10. The van der Waals surface area contributed by atoms with Gasteiger partial charge in [-0.3, -0.25) is 19.3 Å². The van der Waals surface area contributed by atoms with Crippen LogP contribution in [-0.2, 0) is 11.2 Å². The molecule has 0 bridgehead atoms. The van der Waals surface area contributed by atoms with E-state index in [9.17, 15) is 14.4 Å². The minimum Gasteiger partial charge on any atom is -0.332 e. The van der Waals surface area contributed by atoms with Gasteiger partial charge in [-0.15, -0.1) is 0 Å². The molecule has 3 amide bonds. The molecule has 5 rings (SSSR count). The Balaban J connectivity index is 1.60. The standard InChI is InChI=1S/C21H18N2O3S/c24-19-15-7-3-4-8-16(15)20(25)23(19)17-11-13-5-1-2-6-14(13)18-12-27-10-9-22(18)21(17)26/h1-8,17-18H,9-12H2/t17-,18+/m1/s1. The van der Waals surface area contributed by atoms with Crippen LogP contribution < -0.4 is 0 Å². The van der Waals surface area contributed by atoms with E-state index in [4.69, 9.17) is 0 Å². The minimum atomic E-state index is -0.786. The zero-order valence-electron chi connectivity index (χ0n) is 14.6. The van der Waals surface area contributed by atoms with E-state index in [1.165, 1.54) is 4.90 Å². The van der Waals surface area contributed by atoms with Crippen LogP contribution >= 0.6 is 11.8 Å². The SMILES string of the molecule is O=C1[C@H](N2C(=O)c3ccccc3C2=O)Cc2ccccc2[C@@H]2CSCCN12. The average molecular weight is 378 g/mol. The first kappa shape index (κ1) is 16.6. The molecule has 0 N–H and O–H groups in total. The fourth-order valence-corrected chi connectivity index (χ4v) is 5.43. The van der Waals surface area contributed by atoms with Crippen molar-refractivity contribution in [3.8, 4) is 0 Å². The number of benzene rings is 2. The van der Waals surface area contributed by atoms with E-state index < -0.39 is 6.04 Å². The summed E-state index contributed by atoms with van der Waals surface area (Å²) in [6, 6.07) is 14.0. The van der Waals surface area contributed by atoms with Crippen molar-refractivity contribution in [2.45, 2.75) is 18.5 Å². The molecule has 0 aromatic heterocycles. The van der Waals surface area contributed by atoms with Crippen molar-refractivity contribution < 1.29 is 14.4 Å². The molecule has 27 heavy (non-hydrogen) atoms. The van der Waals surface area contributed by atoms with E-state index in [2.05, 4.69) is 6.07 Å². The molecule has 2 atom stereocenters. The van der Waals surface area contributed by atoms with Crippen LogP contribution in [-0.4, -0.2) is 51.6 Å². The Kier molecular flexibility index (Phi) is 3.82. The number of rotatable bonds is 1. The van der Waals surface area contributed by atoms with Gasteiger partial charge >= 0.3 is 0 Å². The Bertz CT molecular complexity index is 938. The second kappa shape index (κ2) is 6.23. The number of carbonyl (C=O) groups is 3. The van der Waals surface area contributed by atoms with Crippen molar-refractivity contribution in [2.24, 2.45) is 0 Å². The van der Waals surface area contributed by atoms with E-state index in [0.717, 1.165) is 22.6 Å². The quantitative estimate of drug-likeness (QED) is 0.716. The van der Waals surface area contributed by atoms with Gasteiger partial charge in [0.15, 0.2) is 0 Å². The molecule has 136 valence electrons. The van der Waals surface area contributed by atoms with Crippen LogP contribution in [0.4, 0.5) is 0 Å². The largest absolute Gasteiger partial charge is 0.332 e. The maximum absolute atomic E-state index is 13.4. The third-order valence-electron chi connectivity index (χ3n) is 5.66. The van der Waals surface area contributed by atoms with Crippen LogP contribution in [0.2, 0.25) is 0 Å². The highest BCUT2D eigenvalue weighted by Gasteiger charge is 2.47. The summed E-state index contributed by atoms with van der Waals surface area (Å²) in [6.45, 7) is 0.641. The lowest BCUT2D eigenvalue weighted by Crippen LogP contribution is -2.52. The number of thioether (sulfide) groups is 1. The number of hydrogen-bond donors (Lipinski definition) is 0. The van der Waals surface area contributed by atoms with Gasteiger partial charge in [-0.2, -0.15) is 11.8 Å². The van der Waals surface area contributed by atoms with Crippen molar-refractivity contribution in [2.75, 3.05) is 18.1 Å². The molecule has 3 aliphatic rings. The maximum atomic E-state index is 13.4. The normalized spacial score (nSPS) is 24.4. The van der Waals surface area contributed by atoms with Gasteiger partial charge in [-0.25, -0.2) is 0 Å². The number of amides is 3. The van der Waals surface area contributed by atoms with E-state index in [1.54, 1.807) is 24.3 Å². The van der Waals surface area contributed by atoms with E-state index in [1.807, 2.05) is 34.9 Å². The van der Waals surface area contributed by atoms with Gasteiger partial charge in [0.1, 0.15) is 6.04 Å². The summed E-state index contributed by atoms with van der Waals surface area (Å²) >= 11 is 1.84. The van der Waals surface area contributed by atoms with Crippen LogP contribution in [0.25, 0.3) is 0 Å². The molecule has 3 aliphatic heterocycles. The summed E-state index contributed by atoms with van der Waals surface area (Å²) in [5.41, 5.74) is 2.96. The number of carbonyl (C=O) groups excluding carboxylic acids is 3. The lowest BCUT2D eigenvalue weighted by atomic mass is 9.98. The fraction of sp³-hybridized carbons (Fsp3) is 0.286. The Morgan fingerprint density at radius 3 is 2.26 bits per heavy atom. The van der Waals surface area contributed by atoms with Gasteiger partial charge in [-0.1, -0.05) is 36.4 Å². The van der Waals surface area contributed by atoms with Gasteiger partial charge in [0.05, 0.1) is 17.2 Å². The lowest BCUT2D eigenvalue weighted by Gasteiger charge is -2.37. The predicted molar refractivity (Wildman–Crippen MR) is 103 cm³/mol. The lowest BCUT2D eigenvalue weighted by molar-refractivity contribution is -0.137. The molecule has 0 aliphatic carbocycles. The van der Waals surface area contributed by atoms with Crippen molar-refractivity contribution in [1.82, 2.24) is 9.80 Å². The zero-order valence-corrected chi connectivity index (χ0v) is 15.4. The van der Waals surface area contributed by atoms with Crippen molar-refractivity contribution in [3.05, 3.63) is 70.8 Å². The fourth-order valence-electron chi connectivity index (χ4n) is 4.35. The topological polar surface area (TPSA) is 57.7 Å². The summed E-state index contributed by atoms with van der Waals surface area (Å²) in [5, 5.41) is 0. The minimum absolute atomic E-state index is 0.00707. The summed E-state index contributed by atoms with van der Waals surface area (Å²) in [7, 11) is 0. The molecular weight excluding hydrogens is 360 g/mol. The van der Waals surface area contributed by atoms with Crippen LogP contribution in [0.5, 0.6) is 0 Å². The third-order valence-corrected chi connectivity index (χ3v) is 6.68. The van der Waals surface area contributed by atoms with E-state index in [0.29, 0.717) is 24.1 Å². The summed E-state index contributed by atoms with van der Waals surface area (Å²) < 4.78 is 0. The third kappa shape index (κ3) is 2.43. The predicted octanol–water partition coefficient (Wildman–Crippen LogP) is 2.52. The molecule has 6 heteroatoms. The smallest absolute Gasteiger partial charge is 0.262 e. The van der Waals surface area contributed by atoms with Crippen LogP contribution in [0.3, 0.4) is 0 Å². The average Bonchev–Trinajstić information content (AvgIpc) is 2.89. The molecule has 0 spiro atoms. The van der Waals surface area contributed by atoms with Crippen molar-refractivity contribution >= 4 is 29.5 Å². The highest BCUT2D eigenvalue weighted by molar-refractivity contribution is 7.99. The Labute approximate surface area is 161 Å². The Morgan fingerprint density at radius 1 is 0.852 bits per heavy atom. The number of fused-ring (bicyclic) bond motifs is 4. The molecule has 5 nitrogen and oxygen atoms in total. The molecule has 0 unspecified atom stereocenters. The zero-order chi connectivity index (χ0) is 18.5. The van der Waals surface area contributed by atoms with Gasteiger partial charge in [-0.05, 0) is 23.3 Å². The Hall–Kier alpha value is -2.60. The molecule has 1 saturated heterocycles. The van der Waals surface area contributed by atoms with Gasteiger partial charge in [0.25, 0.3) is 11.8 Å². The first-order valence-corrected chi connectivity index (χ1v) is 10.2. The van der Waals surface area contributed by atoms with Crippen LogP contribution in [0, 0.1) is 0 Å². The summed E-state index contributed by atoms with van der Waals surface area (Å²) in [6.07, 6.45) is 0.373. The second-order valence-corrected chi connectivity index (χ2v) is 8.22. The molecule has 0 saturated carbocycles. The first-order chi connectivity index (χ1) is 13.2. The number of hydrogen-bond acceptors (Lipinski definition) is 4. The van der Waals surface area contributed by atoms with Crippen LogP contribution in [0.15, 0.2) is 48.5 Å². The Morgan fingerprint density at radius 2 is 1.52 bits per heavy atom. The monoisotopic (exact) mass is 378 g/mol. The molecule has 3 heterocycles. The van der Waals surface area contributed by atoms with Gasteiger partial charge < -0.3 is 4.90 Å². The van der Waals surface area contributed by atoms with Crippen molar-refractivity contribution in [1.29, 1.82) is 0 Å². The molecular formula is C21H18N2O3S. The highest BCUT2D eigenvalue weighted by atomic mass is 32.2. The number of nitrogens with zero attached hydrogens (tertiary/aromatic N) is 2. The molecule has 1 fully saturated rings.